The molecule has 1 unspecified atom stereocenters. The zero-order valence-electron chi connectivity index (χ0n) is 20.6. The average molecular weight is 556 g/mol. The third-order valence-electron chi connectivity index (χ3n) is 6.49. The van der Waals surface area contributed by atoms with Crippen molar-refractivity contribution in [3.05, 3.63) is 53.7 Å². The van der Waals surface area contributed by atoms with Gasteiger partial charge in [-0.3, -0.25) is 9.59 Å². The number of aromatic nitrogens is 1. The molecule has 14 heteroatoms. The van der Waals surface area contributed by atoms with Crippen molar-refractivity contribution >= 4 is 27.7 Å². The van der Waals surface area contributed by atoms with Crippen LogP contribution in [-0.2, 0) is 37.1 Å². The molecule has 4 rings (SSSR count). The molecule has 2 saturated heterocycles. The molecular formula is C24H28F3N5O5S. The molecule has 0 aliphatic carbocycles. The van der Waals surface area contributed by atoms with Crippen LogP contribution in [0.3, 0.4) is 0 Å². The first-order chi connectivity index (χ1) is 18.0. The van der Waals surface area contributed by atoms with Crippen molar-refractivity contribution in [2.75, 3.05) is 50.8 Å². The Balaban J connectivity index is 1.50. The molecule has 1 aromatic carbocycles. The number of alkyl halides is 3. The maximum absolute atomic E-state index is 13.5. The van der Waals surface area contributed by atoms with Crippen molar-refractivity contribution < 1.29 is 35.9 Å². The number of anilines is 1. The second-order valence-corrected chi connectivity index (χ2v) is 10.9. The number of ether oxygens (including phenoxy) is 1. The molecule has 0 radical (unpaired) electrons. The summed E-state index contributed by atoms with van der Waals surface area (Å²) in [4.78, 5) is 32.7. The Hall–Kier alpha value is -3.23. The highest BCUT2D eigenvalue weighted by molar-refractivity contribution is 7.89. The molecule has 2 aliphatic heterocycles. The minimum absolute atomic E-state index is 0.0914. The van der Waals surface area contributed by atoms with Crippen LogP contribution in [0.15, 0.2) is 47.5 Å². The van der Waals surface area contributed by atoms with E-state index in [1.54, 1.807) is 6.07 Å². The first-order valence-corrected chi connectivity index (χ1v) is 13.4. The zero-order valence-corrected chi connectivity index (χ0v) is 21.5. The van der Waals surface area contributed by atoms with Gasteiger partial charge >= 0.3 is 6.18 Å². The number of hydrogen-bond acceptors (Lipinski definition) is 7. The molecule has 0 saturated carbocycles. The molecule has 10 nitrogen and oxygen atoms in total. The summed E-state index contributed by atoms with van der Waals surface area (Å²) in [5.41, 5.74) is -0.412. The number of rotatable bonds is 6. The van der Waals surface area contributed by atoms with E-state index in [0.29, 0.717) is 37.7 Å². The van der Waals surface area contributed by atoms with Gasteiger partial charge in [-0.25, -0.2) is 13.4 Å². The molecule has 1 N–H and O–H groups in total. The van der Waals surface area contributed by atoms with E-state index in [1.807, 2.05) is 4.90 Å². The second kappa shape index (κ2) is 11.3. The Kier molecular flexibility index (Phi) is 8.23. The number of piperazine rings is 1. The van der Waals surface area contributed by atoms with Crippen LogP contribution in [0, 0.1) is 0 Å². The normalized spacial score (nSPS) is 19.3. The average Bonchev–Trinajstić information content (AvgIpc) is 2.91. The molecule has 2 aliphatic rings. The number of nitrogens with one attached hydrogen (secondary N) is 1. The number of benzene rings is 1. The van der Waals surface area contributed by atoms with E-state index in [4.69, 9.17) is 4.74 Å². The summed E-state index contributed by atoms with van der Waals surface area (Å²) < 4.78 is 71.9. The van der Waals surface area contributed by atoms with Gasteiger partial charge in [0.05, 0.1) is 18.8 Å². The predicted octanol–water partition coefficient (Wildman–Crippen LogP) is 1.47. The highest BCUT2D eigenvalue weighted by Crippen LogP contribution is 2.29. The number of pyridine rings is 1. The van der Waals surface area contributed by atoms with Crippen LogP contribution in [-0.4, -0.2) is 86.4 Å². The van der Waals surface area contributed by atoms with E-state index >= 15 is 0 Å². The molecule has 0 bridgehead atoms. The molecule has 38 heavy (non-hydrogen) atoms. The number of halogens is 3. The van der Waals surface area contributed by atoms with Gasteiger partial charge in [0.2, 0.25) is 21.8 Å². The molecule has 0 spiro atoms. The first-order valence-electron chi connectivity index (χ1n) is 12.0. The standard InChI is InChI=1S/C24H28F3N5O5S/c1-17(33)31-8-9-32(38(35,36)20-6-7-22(28-15-20)30-10-12-37-13-11-30)21(16-31)23(34)29-14-18-2-4-19(5-3-18)24(25,26)27/h2-7,15,21H,8-14,16H2,1H3,(H,29,34). The van der Waals surface area contributed by atoms with E-state index in [1.165, 1.54) is 36.2 Å². The minimum atomic E-state index is -4.48. The lowest BCUT2D eigenvalue weighted by atomic mass is 10.1. The molecular weight excluding hydrogens is 527 g/mol. The Morgan fingerprint density at radius 2 is 1.74 bits per heavy atom. The lowest BCUT2D eigenvalue weighted by molar-refractivity contribution is -0.138. The van der Waals surface area contributed by atoms with Crippen molar-refractivity contribution in [2.45, 2.75) is 30.6 Å². The van der Waals surface area contributed by atoms with Gasteiger partial charge in [0.1, 0.15) is 16.8 Å². The number of morpholine rings is 1. The molecule has 2 aromatic rings. The number of amides is 2. The van der Waals surface area contributed by atoms with Crippen molar-refractivity contribution in [1.29, 1.82) is 0 Å². The number of carbonyl (C=O) groups excluding carboxylic acids is 2. The number of sulfonamides is 1. The first kappa shape index (κ1) is 27.8. The quantitative estimate of drug-likeness (QED) is 0.575. The van der Waals surface area contributed by atoms with Crippen molar-refractivity contribution in [2.24, 2.45) is 0 Å². The third kappa shape index (κ3) is 6.25. The summed E-state index contributed by atoms with van der Waals surface area (Å²) in [5, 5.41) is 2.59. The number of nitrogens with zero attached hydrogens (tertiary/aromatic N) is 4. The fourth-order valence-corrected chi connectivity index (χ4v) is 5.83. The van der Waals surface area contributed by atoms with Gasteiger partial charge in [-0.05, 0) is 29.8 Å². The Labute approximate surface area is 218 Å². The second-order valence-electron chi connectivity index (χ2n) is 8.96. The summed E-state index contributed by atoms with van der Waals surface area (Å²) in [6.07, 6.45) is -3.24. The van der Waals surface area contributed by atoms with Gasteiger partial charge in [-0.1, -0.05) is 12.1 Å². The van der Waals surface area contributed by atoms with E-state index in [0.717, 1.165) is 16.4 Å². The Morgan fingerprint density at radius 1 is 1.05 bits per heavy atom. The summed E-state index contributed by atoms with van der Waals surface area (Å²) in [5.74, 6) is -0.365. The molecule has 2 fully saturated rings. The van der Waals surface area contributed by atoms with Gasteiger partial charge < -0.3 is 19.9 Å². The van der Waals surface area contributed by atoms with Gasteiger partial charge in [0.15, 0.2) is 0 Å². The van der Waals surface area contributed by atoms with Crippen molar-refractivity contribution in [1.82, 2.24) is 19.5 Å². The van der Waals surface area contributed by atoms with Crippen LogP contribution in [0.2, 0.25) is 0 Å². The monoisotopic (exact) mass is 555 g/mol. The van der Waals surface area contributed by atoms with Crippen LogP contribution in [0.25, 0.3) is 0 Å². The fraction of sp³-hybridized carbons (Fsp3) is 0.458. The van der Waals surface area contributed by atoms with E-state index in [2.05, 4.69) is 10.3 Å². The van der Waals surface area contributed by atoms with Crippen LogP contribution in [0.4, 0.5) is 19.0 Å². The maximum atomic E-state index is 13.5. The highest BCUT2D eigenvalue weighted by atomic mass is 32.2. The minimum Gasteiger partial charge on any atom is -0.378 e. The topological polar surface area (TPSA) is 112 Å². The molecule has 206 valence electrons. The van der Waals surface area contributed by atoms with Gasteiger partial charge in [0, 0.05) is 52.4 Å². The molecule has 2 amide bonds. The fourth-order valence-electron chi connectivity index (χ4n) is 4.31. The van der Waals surface area contributed by atoms with Crippen LogP contribution in [0.1, 0.15) is 18.1 Å². The summed E-state index contributed by atoms with van der Waals surface area (Å²) in [6.45, 7) is 3.42. The summed E-state index contributed by atoms with van der Waals surface area (Å²) >= 11 is 0. The van der Waals surface area contributed by atoms with Gasteiger partial charge in [-0.15, -0.1) is 0 Å². The largest absolute Gasteiger partial charge is 0.416 e. The van der Waals surface area contributed by atoms with E-state index in [9.17, 15) is 31.2 Å². The lowest BCUT2D eigenvalue weighted by Gasteiger charge is -2.39. The van der Waals surface area contributed by atoms with E-state index in [-0.39, 0.29) is 37.0 Å². The zero-order chi connectivity index (χ0) is 27.5. The highest BCUT2D eigenvalue weighted by Gasteiger charge is 2.41. The molecule has 1 atom stereocenters. The van der Waals surface area contributed by atoms with Crippen LogP contribution < -0.4 is 10.2 Å². The lowest BCUT2D eigenvalue weighted by Crippen LogP contribution is -2.61. The molecule has 1 aromatic heterocycles. The molecule has 3 heterocycles. The SMILES string of the molecule is CC(=O)N1CCN(S(=O)(=O)c2ccc(N3CCOCC3)nc2)C(C(=O)NCc2ccc(C(F)(F)F)cc2)C1. The van der Waals surface area contributed by atoms with Crippen LogP contribution >= 0.6 is 0 Å². The maximum Gasteiger partial charge on any atom is 0.416 e. The Bertz CT molecular complexity index is 1250. The van der Waals surface area contributed by atoms with E-state index < -0.39 is 33.7 Å². The summed E-state index contributed by atoms with van der Waals surface area (Å²) in [7, 11) is -4.15. The summed E-state index contributed by atoms with van der Waals surface area (Å²) in [6, 6.07) is 6.09. The van der Waals surface area contributed by atoms with Crippen LogP contribution in [0.5, 0.6) is 0 Å². The predicted molar refractivity (Wildman–Crippen MR) is 130 cm³/mol. The van der Waals surface area contributed by atoms with Crippen molar-refractivity contribution in [3.8, 4) is 0 Å². The van der Waals surface area contributed by atoms with Gasteiger partial charge in [-0.2, -0.15) is 17.5 Å². The number of hydrogen-bond donors (Lipinski definition) is 1. The smallest absolute Gasteiger partial charge is 0.378 e. The number of carbonyl (C=O) groups is 2. The van der Waals surface area contributed by atoms with Gasteiger partial charge in [0.25, 0.3) is 0 Å². The third-order valence-corrected chi connectivity index (χ3v) is 8.38. The van der Waals surface area contributed by atoms with Crippen molar-refractivity contribution in [3.63, 3.8) is 0 Å². The Morgan fingerprint density at radius 3 is 2.32 bits per heavy atom.